The predicted molar refractivity (Wildman–Crippen MR) is 84.3 cm³/mol. The van der Waals surface area contributed by atoms with E-state index in [0.717, 1.165) is 11.6 Å². The van der Waals surface area contributed by atoms with Gasteiger partial charge in [-0.25, -0.2) is 0 Å². The number of thiophene rings is 1. The molecule has 1 atom stereocenters. The van der Waals surface area contributed by atoms with Crippen LogP contribution in [0.3, 0.4) is 0 Å². The number of benzene rings is 1. The first-order valence-electron chi connectivity index (χ1n) is 6.41. The van der Waals surface area contributed by atoms with Crippen molar-refractivity contribution in [3.05, 3.63) is 61.3 Å². The van der Waals surface area contributed by atoms with Gasteiger partial charge in [0.05, 0.1) is 11.0 Å². The zero-order valence-electron chi connectivity index (χ0n) is 11.4. The number of hydrogen-bond donors (Lipinski definition) is 2. The van der Waals surface area contributed by atoms with Crippen molar-refractivity contribution in [3.63, 3.8) is 0 Å². The number of rotatable bonds is 6. The fourth-order valence-corrected chi connectivity index (χ4v) is 2.74. The maximum Gasteiger partial charge on any atom is 0.288 e. The van der Waals surface area contributed by atoms with Crippen LogP contribution in [0.2, 0.25) is 5.02 Å². The standard InChI is InChI=1S/C14H13ClN2O4S/c15-11-2-1-9(7-12(11)17(20)21)14(19)16-5-3-13(18)10-4-6-22-8-10/h1-2,4,6-8,13,18H,3,5H2,(H,16,19). The molecule has 0 aliphatic rings. The first kappa shape index (κ1) is 16.4. The molecule has 116 valence electrons. The molecule has 22 heavy (non-hydrogen) atoms. The highest BCUT2D eigenvalue weighted by Gasteiger charge is 2.16. The van der Waals surface area contributed by atoms with Gasteiger partial charge in [0.25, 0.3) is 11.6 Å². The summed E-state index contributed by atoms with van der Waals surface area (Å²) in [5, 5.41) is 27.0. The number of amides is 1. The monoisotopic (exact) mass is 340 g/mol. The van der Waals surface area contributed by atoms with Gasteiger partial charge in [0.2, 0.25) is 0 Å². The normalized spacial score (nSPS) is 11.9. The van der Waals surface area contributed by atoms with Crippen LogP contribution < -0.4 is 5.32 Å². The molecule has 0 aliphatic heterocycles. The molecule has 0 bridgehead atoms. The third-order valence-corrected chi connectivity index (χ3v) is 4.06. The van der Waals surface area contributed by atoms with Crippen molar-refractivity contribution < 1.29 is 14.8 Å². The third-order valence-electron chi connectivity index (χ3n) is 3.04. The van der Waals surface area contributed by atoms with Crippen molar-refractivity contribution in [2.75, 3.05) is 6.54 Å². The Hall–Kier alpha value is -1.96. The third kappa shape index (κ3) is 4.03. The lowest BCUT2D eigenvalue weighted by molar-refractivity contribution is -0.384. The largest absolute Gasteiger partial charge is 0.388 e. The summed E-state index contributed by atoms with van der Waals surface area (Å²) in [7, 11) is 0. The fraction of sp³-hybridized carbons (Fsp3) is 0.214. The molecule has 8 heteroatoms. The van der Waals surface area contributed by atoms with E-state index in [2.05, 4.69) is 5.32 Å². The van der Waals surface area contributed by atoms with E-state index < -0.39 is 16.9 Å². The molecule has 6 nitrogen and oxygen atoms in total. The fourth-order valence-electron chi connectivity index (χ4n) is 1.85. The summed E-state index contributed by atoms with van der Waals surface area (Å²) in [6.45, 7) is 0.256. The Morgan fingerprint density at radius 2 is 2.23 bits per heavy atom. The highest BCUT2D eigenvalue weighted by atomic mass is 35.5. The van der Waals surface area contributed by atoms with E-state index in [4.69, 9.17) is 11.6 Å². The number of carbonyl (C=O) groups is 1. The van der Waals surface area contributed by atoms with Crippen LogP contribution in [0.15, 0.2) is 35.0 Å². The predicted octanol–water partition coefficient (Wildman–Crippen LogP) is 3.16. The van der Waals surface area contributed by atoms with Crippen LogP contribution in [0, 0.1) is 10.1 Å². The molecule has 2 N–H and O–H groups in total. The summed E-state index contributed by atoms with van der Waals surface area (Å²) < 4.78 is 0. The minimum atomic E-state index is -0.647. The maximum atomic E-state index is 11.9. The summed E-state index contributed by atoms with van der Waals surface area (Å²) in [5.41, 5.74) is 0.648. The van der Waals surface area contributed by atoms with Crippen molar-refractivity contribution in [2.45, 2.75) is 12.5 Å². The van der Waals surface area contributed by atoms with Crippen molar-refractivity contribution in [1.82, 2.24) is 5.32 Å². The molecule has 1 unspecified atom stereocenters. The van der Waals surface area contributed by atoms with Crippen LogP contribution >= 0.6 is 22.9 Å². The molecule has 1 aromatic heterocycles. The molecule has 1 amide bonds. The Morgan fingerprint density at radius 3 is 2.86 bits per heavy atom. The molecule has 0 spiro atoms. The second kappa shape index (κ2) is 7.35. The van der Waals surface area contributed by atoms with Gasteiger partial charge in [-0.2, -0.15) is 11.3 Å². The van der Waals surface area contributed by atoms with Crippen LogP contribution in [0.25, 0.3) is 0 Å². The highest BCUT2D eigenvalue weighted by molar-refractivity contribution is 7.07. The molecule has 0 aliphatic carbocycles. The van der Waals surface area contributed by atoms with Gasteiger partial charge < -0.3 is 10.4 Å². The van der Waals surface area contributed by atoms with Crippen LogP contribution in [-0.2, 0) is 0 Å². The molecular formula is C14H13ClN2O4S. The molecule has 0 fully saturated rings. The smallest absolute Gasteiger partial charge is 0.288 e. The Bertz CT molecular complexity index is 675. The van der Waals surface area contributed by atoms with Gasteiger partial charge in [-0.05, 0) is 40.9 Å². The topological polar surface area (TPSA) is 92.5 Å². The Labute approximate surface area is 135 Å². The molecule has 2 rings (SSSR count). The van der Waals surface area contributed by atoms with E-state index in [1.54, 1.807) is 0 Å². The van der Waals surface area contributed by atoms with E-state index in [0.29, 0.717) is 6.42 Å². The number of nitro benzene ring substituents is 1. The average Bonchev–Trinajstić information content (AvgIpc) is 3.01. The second-order valence-corrected chi connectivity index (χ2v) is 5.73. The first-order chi connectivity index (χ1) is 10.5. The van der Waals surface area contributed by atoms with E-state index in [9.17, 15) is 20.0 Å². The van der Waals surface area contributed by atoms with Gasteiger partial charge >= 0.3 is 0 Å². The summed E-state index contributed by atoms with van der Waals surface area (Å²) in [6.07, 6.45) is -0.288. The molecule has 0 radical (unpaired) electrons. The molecular weight excluding hydrogens is 328 g/mol. The summed E-state index contributed by atoms with van der Waals surface area (Å²) in [5.74, 6) is -0.447. The van der Waals surface area contributed by atoms with Gasteiger partial charge in [-0.1, -0.05) is 11.6 Å². The zero-order chi connectivity index (χ0) is 16.1. The lowest BCUT2D eigenvalue weighted by atomic mass is 10.1. The van der Waals surface area contributed by atoms with E-state index >= 15 is 0 Å². The molecule has 0 saturated heterocycles. The van der Waals surface area contributed by atoms with Gasteiger partial charge in [-0.15, -0.1) is 0 Å². The highest BCUT2D eigenvalue weighted by Crippen LogP contribution is 2.25. The van der Waals surface area contributed by atoms with Crippen LogP contribution in [0.4, 0.5) is 5.69 Å². The van der Waals surface area contributed by atoms with Crippen LogP contribution in [0.1, 0.15) is 28.4 Å². The number of nitrogens with zero attached hydrogens (tertiary/aromatic N) is 1. The number of carbonyl (C=O) groups excluding carboxylic acids is 1. The summed E-state index contributed by atoms with van der Waals surface area (Å²) in [6, 6.07) is 5.68. The van der Waals surface area contributed by atoms with Gasteiger partial charge in [0, 0.05) is 18.2 Å². The Kier molecular flexibility index (Phi) is 5.48. The molecule has 1 aromatic carbocycles. The summed E-state index contributed by atoms with van der Waals surface area (Å²) >= 11 is 7.18. The SMILES string of the molecule is O=C(NCCC(O)c1ccsc1)c1ccc(Cl)c([N+](=O)[O-])c1. The van der Waals surface area contributed by atoms with Crippen molar-refractivity contribution >= 4 is 34.5 Å². The average molecular weight is 341 g/mol. The number of nitro groups is 1. The van der Waals surface area contributed by atoms with Gasteiger partial charge in [0.1, 0.15) is 5.02 Å². The zero-order valence-corrected chi connectivity index (χ0v) is 12.9. The van der Waals surface area contributed by atoms with Crippen molar-refractivity contribution in [1.29, 1.82) is 0 Å². The number of nitrogens with one attached hydrogen (secondary N) is 1. The van der Waals surface area contributed by atoms with Crippen molar-refractivity contribution in [2.24, 2.45) is 0 Å². The Morgan fingerprint density at radius 1 is 1.45 bits per heavy atom. The minimum absolute atomic E-state index is 0.0190. The van der Waals surface area contributed by atoms with Gasteiger partial charge in [0.15, 0.2) is 0 Å². The molecule has 0 saturated carbocycles. The maximum absolute atomic E-state index is 11.9. The number of aliphatic hydroxyl groups is 1. The second-order valence-electron chi connectivity index (χ2n) is 4.54. The number of hydrogen-bond acceptors (Lipinski definition) is 5. The molecule has 2 aromatic rings. The quantitative estimate of drug-likeness (QED) is 0.624. The van der Waals surface area contributed by atoms with Crippen LogP contribution in [0.5, 0.6) is 0 Å². The first-order valence-corrected chi connectivity index (χ1v) is 7.73. The lowest BCUT2D eigenvalue weighted by Gasteiger charge is -2.10. The van der Waals surface area contributed by atoms with E-state index in [1.807, 2.05) is 16.8 Å². The van der Waals surface area contributed by atoms with E-state index in [1.165, 1.54) is 23.5 Å². The minimum Gasteiger partial charge on any atom is -0.388 e. The summed E-state index contributed by atoms with van der Waals surface area (Å²) in [4.78, 5) is 22.1. The molecule has 1 heterocycles. The van der Waals surface area contributed by atoms with Gasteiger partial charge in [-0.3, -0.25) is 14.9 Å². The number of halogens is 1. The number of aliphatic hydroxyl groups excluding tert-OH is 1. The van der Waals surface area contributed by atoms with E-state index in [-0.39, 0.29) is 22.8 Å². The lowest BCUT2D eigenvalue weighted by Crippen LogP contribution is -2.25. The van der Waals surface area contributed by atoms with Crippen molar-refractivity contribution in [3.8, 4) is 0 Å². The Balaban J connectivity index is 1.92. The van der Waals surface area contributed by atoms with Crippen LogP contribution in [-0.4, -0.2) is 22.5 Å².